The average molecular weight is 230 g/mol. The van der Waals surface area contributed by atoms with Crippen LogP contribution in [0.5, 0.6) is 0 Å². The van der Waals surface area contributed by atoms with E-state index in [9.17, 15) is 0 Å². The molecule has 0 fully saturated rings. The van der Waals surface area contributed by atoms with Gasteiger partial charge in [0.05, 0.1) is 10.5 Å². The molecular formula is C12H8ClN3. The van der Waals surface area contributed by atoms with E-state index in [2.05, 4.69) is 15.4 Å². The molecule has 3 rings (SSSR count). The Kier molecular flexibility index (Phi) is 2.11. The minimum absolute atomic E-state index is 0.637. The van der Waals surface area contributed by atoms with Crippen LogP contribution in [0, 0.1) is 0 Å². The molecule has 0 aliphatic heterocycles. The zero-order chi connectivity index (χ0) is 11.0. The third-order valence-electron chi connectivity index (χ3n) is 2.52. The van der Waals surface area contributed by atoms with Gasteiger partial charge in [-0.15, -0.1) is 5.10 Å². The van der Waals surface area contributed by atoms with Crippen LogP contribution in [0.25, 0.3) is 22.2 Å². The van der Waals surface area contributed by atoms with Crippen LogP contribution >= 0.6 is 11.6 Å². The summed E-state index contributed by atoms with van der Waals surface area (Å²) in [7, 11) is 0. The Bertz CT molecular complexity index is 631. The van der Waals surface area contributed by atoms with Crippen LogP contribution < -0.4 is 0 Å². The Balaban J connectivity index is 2.28. The maximum Gasteiger partial charge on any atom is 0.132 e. The van der Waals surface area contributed by atoms with Crippen LogP contribution in [-0.4, -0.2) is 15.4 Å². The van der Waals surface area contributed by atoms with E-state index in [-0.39, 0.29) is 0 Å². The second kappa shape index (κ2) is 3.61. The van der Waals surface area contributed by atoms with Gasteiger partial charge in [0.2, 0.25) is 0 Å². The third kappa shape index (κ3) is 1.37. The minimum Gasteiger partial charge on any atom is -0.257 e. The van der Waals surface area contributed by atoms with Crippen molar-refractivity contribution >= 4 is 22.6 Å². The first-order valence-electron chi connectivity index (χ1n) is 4.91. The molecular weight excluding hydrogens is 222 g/mol. The quantitative estimate of drug-likeness (QED) is 0.696. The fourth-order valence-corrected chi connectivity index (χ4v) is 2.03. The average Bonchev–Trinajstić information content (AvgIpc) is 2.80. The zero-order valence-corrected chi connectivity index (χ0v) is 9.07. The molecule has 16 heavy (non-hydrogen) atoms. The number of rotatable bonds is 1. The standard InChI is InChI=1S/C12H8ClN3/c13-11-9(8-4-2-1-3-5-8)6-7-10-12(11)15-16-14-10/h1-7H,(H,14,15,16). The molecule has 78 valence electrons. The van der Waals surface area contributed by atoms with Gasteiger partial charge in [-0.25, -0.2) is 0 Å². The van der Waals surface area contributed by atoms with E-state index >= 15 is 0 Å². The van der Waals surface area contributed by atoms with Crippen molar-refractivity contribution in [2.75, 3.05) is 0 Å². The lowest BCUT2D eigenvalue weighted by Crippen LogP contribution is -1.81. The number of H-pyrrole nitrogens is 1. The van der Waals surface area contributed by atoms with Gasteiger partial charge in [0.1, 0.15) is 5.52 Å². The van der Waals surface area contributed by atoms with Crippen molar-refractivity contribution < 1.29 is 0 Å². The summed E-state index contributed by atoms with van der Waals surface area (Å²) in [5.74, 6) is 0. The van der Waals surface area contributed by atoms with Gasteiger partial charge in [-0.2, -0.15) is 0 Å². The predicted molar refractivity (Wildman–Crippen MR) is 64.3 cm³/mol. The number of nitrogens with zero attached hydrogens (tertiary/aromatic N) is 2. The van der Waals surface area contributed by atoms with Crippen LogP contribution in [0.15, 0.2) is 42.5 Å². The van der Waals surface area contributed by atoms with Gasteiger partial charge >= 0.3 is 0 Å². The van der Waals surface area contributed by atoms with Crippen molar-refractivity contribution in [1.29, 1.82) is 0 Å². The van der Waals surface area contributed by atoms with E-state index < -0.39 is 0 Å². The van der Waals surface area contributed by atoms with E-state index in [1.807, 2.05) is 42.5 Å². The molecule has 0 aliphatic rings. The van der Waals surface area contributed by atoms with Crippen LogP contribution in [0.3, 0.4) is 0 Å². The second-order valence-electron chi connectivity index (χ2n) is 3.50. The highest BCUT2D eigenvalue weighted by molar-refractivity contribution is 6.37. The highest BCUT2D eigenvalue weighted by Gasteiger charge is 2.09. The van der Waals surface area contributed by atoms with Gasteiger partial charge in [0, 0.05) is 5.56 Å². The first-order chi connectivity index (χ1) is 7.86. The van der Waals surface area contributed by atoms with E-state index in [1.54, 1.807) is 0 Å². The van der Waals surface area contributed by atoms with Crippen LogP contribution in [0.4, 0.5) is 0 Å². The Morgan fingerprint density at radius 2 is 1.81 bits per heavy atom. The molecule has 1 N–H and O–H groups in total. The molecule has 1 aromatic heterocycles. The minimum atomic E-state index is 0.637. The van der Waals surface area contributed by atoms with Crippen LogP contribution in [-0.2, 0) is 0 Å². The Hall–Kier alpha value is -1.87. The summed E-state index contributed by atoms with van der Waals surface area (Å²) < 4.78 is 0. The van der Waals surface area contributed by atoms with Crippen LogP contribution in [0.1, 0.15) is 0 Å². The Labute approximate surface area is 97.1 Å². The lowest BCUT2D eigenvalue weighted by atomic mass is 10.1. The molecule has 0 radical (unpaired) electrons. The molecule has 3 aromatic rings. The number of hydrogen-bond donors (Lipinski definition) is 1. The highest BCUT2D eigenvalue weighted by Crippen LogP contribution is 2.32. The van der Waals surface area contributed by atoms with E-state index in [1.165, 1.54) is 0 Å². The van der Waals surface area contributed by atoms with Gasteiger partial charge in [-0.05, 0) is 11.6 Å². The normalized spacial score (nSPS) is 10.8. The predicted octanol–water partition coefficient (Wildman–Crippen LogP) is 3.28. The fourth-order valence-electron chi connectivity index (χ4n) is 1.72. The number of fused-ring (bicyclic) bond motifs is 1. The topological polar surface area (TPSA) is 41.6 Å². The van der Waals surface area contributed by atoms with Crippen LogP contribution in [0.2, 0.25) is 5.02 Å². The molecule has 0 saturated carbocycles. The summed E-state index contributed by atoms with van der Waals surface area (Å²) in [6.07, 6.45) is 0. The maximum atomic E-state index is 6.29. The number of nitrogens with one attached hydrogen (secondary N) is 1. The molecule has 0 unspecified atom stereocenters. The lowest BCUT2D eigenvalue weighted by molar-refractivity contribution is 0.959. The van der Waals surface area contributed by atoms with E-state index in [0.717, 1.165) is 16.6 Å². The Morgan fingerprint density at radius 3 is 2.62 bits per heavy atom. The molecule has 0 atom stereocenters. The van der Waals surface area contributed by atoms with Crippen molar-refractivity contribution in [3.63, 3.8) is 0 Å². The first kappa shape index (κ1) is 9.36. The lowest BCUT2D eigenvalue weighted by Gasteiger charge is -2.03. The largest absolute Gasteiger partial charge is 0.257 e. The number of hydrogen-bond acceptors (Lipinski definition) is 2. The zero-order valence-electron chi connectivity index (χ0n) is 8.31. The van der Waals surface area contributed by atoms with Gasteiger partial charge in [0.25, 0.3) is 0 Å². The summed E-state index contributed by atoms with van der Waals surface area (Å²) in [5, 5.41) is 11.1. The number of benzene rings is 2. The smallest absolute Gasteiger partial charge is 0.132 e. The fraction of sp³-hybridized carbons (Fsp3) is 0. The number of halogens is 1. The molecule has 0 aliphatic carbocycles. The number of aromatic nitrogens is 3. The van der Waals surface area contributed by atoms with Gasteiger partial charge in [-0.3, -0.25) is 5.10 Å². The first-order valence-corrected chi connectivity index (χ1v) is 5.29. The summed E-state index contributed by atoms with van der Waals surface area (Å²) in [6.45, 7) is 0. The molecule has 1 heterocycles. The molecule has 2 aromatic carbocycles. The Morgan fingerprint density at radius 1 is 1.00 bits per heavy atom. The molecule has 0 amide bonds. The number of aromatic amines is 1. The molecule has 0 bridgehead atoms. The monoisotopic (exact) mass is 229 g/mol. The second-order valence-corrected chi connectivity index (χ2v) is 3.88. The summed E-state index contributed by atoms with van der Waals surface area (Å²) in [6, 6.07) is 13.9. The summed E-state index contributed by atoms with van der Waals surface area (Å²) >= 11 is 6.29. The summed E-state index contributed by atoms with van der Waals surface area (Å²) in [4.78, 5) is 0. The van der Waals surface area contributed by atoms with Crippen molar-refractivity contribution in [2.45, 2.75) is 0 Å². The SMILES string of the molecule is Clc1c(-c2ccccc2)ccc2[nH]nnc12. The molecule has 0 spiro atoms. The van der Waals surface area contributed by atoms with Gasteiger partial charge in [-0.1, -0.05) is 53.2 Å². The van der Waals surface area contributed by atoms with Gasteiger partial charge in [0.15, 0.2) is 0 Å². The van der Waals surface area contributed by atoms with Crippen molar-refractivity contribution in [3.8, 4) is 11.1 Å². The summed E-state index contributed by atoms with van der Waals surface area (Å²) in [5.41, 5.74) is 3.62. The maximum absolute atomic E-state index is 6.29. The van der Waals surface area contributed by atoms with E-state index in [0.29, 0.717) is 10.5 Å². The van der Waals surface area contributed by atoms with E-state index in [4.69, 9.17) is 11.6 Å². The molecule has 3 nitrogen and oxygen atoms in total. The van der Waals surface area contributed by atoms with Gasteiger partial charge < -0.3 is 0 Å². The van der Waals surface area contributed by atoms with Crippen molar-refractivity contribution in [1.82, 2.24) is 15.4 Å². The van der Waals surface area contributed by atoms with Crippen molar-refractivity contribution in [2.24, 2.45) is 0 Å². The molecule has 0 saturated heterocycles. The highest BCUT2D eigenvalue weighted by atomic mass is 35.5. The van der Waals surface area contributed by atoms with Crippen molar-refractivity contribution in [3.05, 3.63) is 47.5 Å². The molecule has 4 heteroatoms. The third-order valence-corrected chi connectivity index (χ3v) is 2.90.